The van der Waals surface area contributed by atoms with Crippen LogP contribution in [-0.2, 0) is 9.59 Å². The van der Waals surface area contributed by atoms with Crippen LogP contribution in [0.4, 0.5) is 5.69 Å². The number of anilines is 1. The van der Waals surface area contributed by atoms with E-state index in [-0.39, 0.29) is 41.1 Å². The van der Waals surface area contributed by atoms with E-state index in [9.17, 15) is 9.59 Å². The lowest BCUT2D eigenvalue weighted by atomic mass is 9.85. The first-order valence-electron chi connectivity index (χ1n) is 9.76. The summed E-state index contributed by atoms with van der Waals surface area (Å²) >= 11 is 0. The van der Waals surface area contributed by atoms with Crippen LogP contribution in [0.1, 0.15) is 32.8 Å². The fraction of sp³-hybridized carbons (Fsp3) is 0.500. The summed E-state index contributed by atoms with van der Waals surface area (Å²) in [5.74, 6) is 0.222. The SMILES string of the molecule is CN(C)c1ccc(C=NN2C(=O)[C@@H]3[C@H](C2=O)[C@H]2C=C[C@H]3C2)c(OC(C)(C)C)c1. The van der Waals surface area contributed by atoms with Crippen molar-refractivity contribution >= 4 is 23.7 Å². The Morgan fingerprint density at radius 3 is 2.25 bits per heavy atom. The fourth-order valence-electron chi connectivity index (χ4n) is 4.45. The van der Waals surface area contributed by atoms with Gasteiger partial charge in [0.2, 0.25) is 0 Å². The van der Waals surface area contributed by atoms with Crippen molar-refractivity contribution in [2.24, 2.45) is 28.8 Å². The lowest BCUT2D eigenvalue weighted by Crippen LogP contribution is -2.28. The van der Waals surface area contributed by atoms with Gasteiger partial charge >= 0.3 is 0 Å². The first-order valence-corrected chi connectivity index (χ1v) is 9.76. The van der Waals surface area contributed by atoms with Gasteiger partial charge in [-0.2, -0.15) is 10.1 Å². The second kappa shape index (κ2) is 6.47. The maximum Gasteiger partial charge on any atom is 0.254 e. The Bertz CT molecular complexity index is 852. The van der Waals surface area contributed by atoms with Crippen LogP contribution >= 0.6 is 0 Å². The second-order valence-corrected chi connectivity index (χ2v) is 9.06. The standard InChI is InChI=1S/C22H27N3O3/c1-22(2,3)28-17-11-16(24(4)5)9-8-15(17)12-23-25-20(26)18-13-6-7-14(10-13)19(18)21(25)27/h6-9,11-14,18-19H,10H2,1-5H3/t13-,14-,18-,19+/m0/s1. The molecule has 2 aliphatic carbocycles. The second-order valence-electron chi connectivity index (χ2n) is 9.06. The van der Waals surface area contributed by atoms with Crippen molar-refractivity contribution < 1.29 is 14.3 Å². The van der Waals surface area contributed by atoms with Crippen molar-refractivity contribution in [2.45, 2.75) is 32.8 Å². The minimum Gasteiger partial charge on any atom is -0.487 e. The Morgan fingerprint density at radius 1 is 1.11 bits per heavy atom. The first-order chi connectivity index (χ1) is 13.2. The lowest BCUT2D eigenvalue weighted by molar-refractivity contribution is -0.140. The molecule has 1 aliphatic heterocycles. The molecule has 1 aromatic rings. The third-order valence-electron chi connectivity index (χ3n) is 5.69. The fourth-order valence-corrected chi connectivity index (χ4v) is 4.45. The number of carbonyl (C=O) groups is 2. The van der Waals surface area contributed by atoms with Gasteiger partial charge in [0.15, 0.2) is 0 Å². The number of hydrogen-bond donors (Lipinski definition) is 0. The van der Waals surface area contributed by atoms with E-state index in [1.807, 2.05) is 58.0 Å². The predicted molar refractivity (Wildman–Crippen MR) is 108 cm³/mol. The minimum atomic E-state index is -0.380. The maximum atomic E-state index is 12.8. The van der Waals surface area contributed by atoms with E-state index in [1.165, 1.54) is 0 Å². The summed E-state index contributed by atoms with van der Waals surface area (Å²) in [4.78, 5) is 27.6. The number of hydrogen-bond acceptors (Lipinski definition) is 5. The lowest BCUT2D eigenvalue weighted by Gasteiger charge is -2.24. The monoisotopic (exact) mass is 381 g/mol. The summed E-state index contributed by atoms with van der Waals surface area (Å²) in [6.07, 6.45) is 6.64. The Labute approximate surface area is 165 Å². The van der Waals surface area contributed by atoms with Crippen LogP contribution in [0.25, 0.3) is 0 Å². The molecule has 0 radical (unpaired) electrons. The third-order valence-corrected chi connectivity index (χ3v) is 5.69. The van der Waals surface area contributed by atoms with E-state index < -0.39 is 0 Å². The summed E-state index contributed by atoms with van der Waals surface area (Å²) in [7, 11) is 3.93. The van der Waals surface area contributed by atoms with E-state index in [4.69, 9.17) is 4.74 Å². The summed E-state index contributed by atoms with van der Waals surface area (Å²) in [5, 5.41) is 5.36. The van der Waals surface area contributed by atoms with Crippen LogP contribution in [0.3, 0.4) is 0 Å². The number of allylic oxidation sites excluding steroid dienone is 2. The molecule has 1 heterocycles. The van der Waals surface area contributed by atoms with E-state index in [2.05, 4.69) is 17.3 Å². The molecular formula is C22H27N3O3. The van der Waals surface area contributed by atoms with E-state index in [0.29, 0.717) is 5.75 Å². The van der Waals surface area contributed by atoms with Gasteiger partial charge in [-0.3, -0.25) is 9.59 Å². The van der Waals surface area contributed by atoms with Crippen molar-refractivity contribution in [1.29, 1.82) is 0 Å². The van der Waals surface area contributed by atoms with Crippen molar-refractivity contribution in [3.63, 3.8) is 0 Å². The molecule has 2 amide bonds. The first kappa shape index (κ1) is 18.7. The van der Waals surface area contributed by atoms with Crippen LogP contribution in [0, 0.1) is 23.7 Å². The van der Waals surface area contributed by atoms with Gasteiger partial charge in [0.05, 0.1) is 18.1 Å². The van der Waals surface area contributed by atoms with Gasteiger partial charge in [0, 0.05) is 31.4 Å². The van der Waals surface area contributed by atoms with Crippen LogP contribution in [-0.4, -0.2) is 42.7 Å². The summed E-state index contributed by atoms with van der Waals surface area (Å²) in [5.41, 5.74) is 1.36. The molecule has 0 spiro atoms. The molecule has 6 heteroatoms. The molecule has 2 fully saturated rings. The van der Waals surface area contributed by atoms with Gasteiger partial charge in [-0.25, -0.2) is 0 Å². The number of benzene rings is 1. The molecule has 28 heavy (non-hydrogen) atoms. The zero-order valence-electron chi connectivity index (χ0n) is 17.0. The molecule has 0 N–H and O–H groups in total. The van der Waals surface area contributed by atoms with Gasteiger partial charge in [-0.1, -0.05) is 12.2 Å². The summed E-state index contributed by atoms with van der Waals surface area (Å²) in [6, 6.07) is 5.81. The van der Waals surface area contributed by atoms with E-state index >= 15 is 0 Å². The average Bonchev–Trinajstić information content (AvgIpc) is 3.27. The van der Waals surface area contributed by atoms with Gasteiger partial charge < -0.3 is 9.64 Å². The number of nitrogens with zero attached hydrogens (tertiary/aromatic N) is 3. The van der Waals surface area contributed by atoms with Crippen molar-refractivity contribution in [3.8, 4) is 5.75 Å². The number of fused-ring (bicyclic) bond motifs is 5. The number of ether oxygens (including phenoxy) is 1. The largest absolute Gasteiger partial charge is 0.487 e. The molecule has 0 unspecified atom stereocenters. The van der Waals surface area contributed by atoms with Crippen LogP contribution in [0.15, 0.2) is 35.5 Å². The molecule has 0 aromatic heterocycles. The van der Waals surface area contributed by atoms with Crippen molar-refractivity contribution in [3.05, 3.63) is 35.9 Å². The Kier molecular flexibility index (Phi) is 4.32. The smallest absolute Gasteiger partial charge is 0.254 e. The van der Waals surface area contributed by atoms with E-state index in [0.717, 1.165) is 22.7 Å². The third kappa shape index (κ3) is 3.11. The molecule has 1 saturated heterocycles. The van der Waals surface area contributed by atoms with Crippen LogP contribution < -0.4 is 9.64 Å². The highest BCUT2D eigenvalue weighted by atomic mass is 16.5. The number of imide groups is 1. The minimum absolute atomic E-state index is 0.175. The summed E-state index contributed by atoms with van der Waals surface area (Å²) < 4.78 is 6.09. The molecule has 1 saturated carbocycles. The van der Waals surface area contributed by atoms with Gasteiger partial charge in [0.1, 0.15) is 11.4 Å². The zero-order valence-corrected chi connectivity index (χ0v) is 17.0. The van der Waals surface area contributed by atoms with Crippen LogP contribution in [0.2, 0.25) is 0 Å². The number of hydrazone groups is 1. The molecule has 4 atom stereocenters. The Morgan fingerprint density at radius 2 is 1.71 bits per heavy atom. The quantitative estimate of drug-likeness (QED) is 0.457. The molecule has 6 nitrogen and oxygen atoms in total. The number of carbonyl (C=O) groups excluding carboxylic acids is 2. The highest BCUT2D eigenvalue weighted by Crippen LogP contribution is 2.52. The highest BCUT2D eigenvalue weighted by Gasteiger charge is 2.59. The number of amides is 2. The summed E-state index contributed by atoms with van der Waals surface area (Å²) in [6.45, 7) is 5.94. The topological polar surface area (TPSA) is 62.2 Å². The zero-order chi connectivity index (χ0) is 20.2. The van der Waals surface area contributed by atoms with Crippen molar-refractivity contribution in [2.75, 3.05) is 19.0 Å². The van der Waals surface area contributed by atoms with Gasteiger partial charge in [0.25, 0.3) is 11.8 Å². The molecule has 148 valence electrons. The molecule has 1 aromatic carbocycles. The number of rotatable bonds is 4. The highest BCUT2D eigenvalue weighted by molar-refractivity contribution is 6.07. The average molecular weight is 381 g/mol. The van der Waals surface area contributed by atoms with Crippen LogP contribution in [0.5, 0.6) is 5.75 Å². The van der Waals surface area contributed by atoms with Gasteiger partial charge in [-0.15, -0.1) is 0 Å². The molecular weight excluding hydrogens is 354 g/mol. The maximum absolute atomic E-state index is 12.8. The predicted octanol–water partition coefficient (Wildman–Crippen LogP) is 3.07. The van der Waals surface area contributed by atoms with E-state index in [1.54, 1.807) is 6.21 Å². The molecule has 2 bridgehead atoms. The molecule has 3 aliphatic rings. The Balaban J connectivity index is 1.61. The van der Waals surface area contributed by atoms with Crippen molar-refractivity contribution in [1.82, 2.24) is 5.01 Å². The Hall–Kier alpha value is -2.63. The normalized spacial score (nSPS) is 28.5. The van der Waals surface area contributed by atoms with Gasteiger partial charge in [-0.05, 0) is 51.2 Å². The molecule has 4 rings (SSSR count).